The largest absolute Gasteiger partial charge is 0.353 e. The van der Waals surface area contributed by atoms with E-state index in [9.17, 15) is 9.59 Å². The lowest BCUT2D eigenvalue weighted by molar-refractivity contribution is -0.117. The minimum atomic E-state index is 0.0556. The molecule has 2 aromatic heterocycles. The summed E-state index contributed by atoms with van der Waals surface area (Å²) < 4.78 is 0. The number of thiophene rings is 1. The highest BCUT2D eigenvalue weighted by Crippen LogP contribution is 2.33. The van der Waals surface area contributed by atoms with E-state index in [0.29, 0.717) is 13.1 Å². The molecule has 0 spiro atoms. The van der Waals surface area contributed by atoms with Gasteiger partial charge in [-0.05, 0) is 43.5 Å². The summed E-state index contributed by atoms with van der Waals surface area (Å²) >= 11 is 1.38. The number of nitrogens with one attached hydrogen (secondary N) is 1. The van der Waals surface area contributed by atoms with Gasteiger partial charge in [-0.25, -0.2) is 4.98 Å². The Balaban J connectivity index is 1.39. The fourth-order valence-corrected chi connectivity index (χ4v) is 4.19. The summed E-state index contributed by atoms with van der Waals surface area (Å²) in [5, 5.41) is 3.72. The standard InChI is InChI=1S/C19H22N4O2S/c1-13-12-16(21-18(24)14-5-6-14)26-17(13)19(25)23-10-8-22(9-11-23)15-4-2-3-7-20-15/h2-4,7,12,14H,5-6,8-11H2,1H3,(H,21,24). The lowest BCUT2D eigenvalue weighted by atomic mass is 10.2. The van der Waals surface area contributed by atoms with E-state index < -0.39 is 0 Å². The van der Waals surface area contributed by atoms with Crippen LogP contribution in [0.3, 0.4) is 0 Å². The molecule has 1 aliphatic heterocycles. The Morgan fingerprint density at radius 3 is 2.62 bits per heavy atom. The van der Waals surface area contributed by atoms with Crippen molar-refractivity contribution in [1.82, 2.24) is 9.88 Å². The van der Waals surface area contributed by atoms with Gasteiger partial charge in [0.2, 0.25) is 5.91 Å². The highest BCUT2D eigenvalue weighted by Gasteiger charge is 2.30. The molecule has 0 aromatic carbocycles. The van der Waals surface area contributed by atoms with Crippen molar-refractivity contribution in [2.45, 2.75) is 19.8 Å². The van der Waals surface area contributed by atoms with Crippen molar-refractivity contribution in [2.24, 2.45) is 5.92 Å². The van der Waals surface area contributed by atoms with Gasteiger partial charge in [0.1, 0.15) is 5.82 Å². The predicted octanol–water partition coefficient (Wildman–Crippen LogP) is 2.76. The Bertz CT molecular complexity index is 808. The molecule has 1 aliphatic carbocycles. The summed E-state index contributed by atoms with van der Waals surface area (Å²) in [6.07, 6.45) is 3.74. The Kier molecular flexibility index (Phi) is 4.63. The molecule has 2 aliphatic rings. The molecule has 6 nitrogen and oxygen atoms in total. The average Bonchev–Trinajstić information content (AvgIpc) is 3.46. The molecule has 2 fully saturated rings. The molecule has 3 heterocycles. The zero-order valence-electron chi connectivity index (χ0n) is 14.8. The highest BCUT2D eigenvalue weighted by atomic mass is 32.1. The van der Waals surface area contributed by atoms with Gasteiger partial charge in [-0.15, -0.1) is 11.3 Å². The van der Waals surface area contributed by atoms with E-state index in [-0.39, 0.29) is 17.7 Å². The lowest BCUT2D eigenvalue weighted by Crippen LogP contribution is -2.49. The van der Waals surface area contributed by atoms with Gasteiger partial charge in [-0.1, -0.05) is 6.07 Å². The number of carbonyl (C=O) groups is 2. The second-order valence-electron chi connectivity index (χ2n) is 6.85. The highest BCUT2D eigenvalue weighted by molar-refractivity contribution is 7.18. The first kappa shape index (κ1) is 17.0. The molecule has 0 bridgehead atoms. The third-order valence-corrected chi connectivity index (χ3v) is 5.99. The monoisotopic (exact) mass is 370 g/mol. The topological polar surface area (TPSA) is 65.5 Å². The molecular weight excluding hydrogens is 348 g/mol. The fourth-order valence-electron chi connectivity index (χ4n) is 3.15. The van der Waals surface area contributed by atoms with Crippen LogP contribution in [0.1, 0.15) is 28.1 Å². The van der Waals surface area contributed by atoms with E-state index in [1.54, 1.807) is 6.20 Å². The molecule has 1 saturated heterocycles. The van der Waals surface area contributed by atoms with Crippen molar-refractivity contribution in [1.29, 1.82) is 0 Å². The zero-order valence-corrected chi connectivity index (χ0v) is 15.6. The Morgan fingerprint density at radius 2 is 1.96 bits per heavy atom. The zero-order chi connectivity index (χ0) is 18.1. The number of hydrogen-bond donors (Lipinski definition) is 1. The van der Waals surface area contributed by atoms with Crippen molar-refractivity contribution in [3.8, 4) is 0 Å². The first-order chi connectivity index (χ1) is 12.6. The van der Waals surface area contributed by atoms with Gasteiger partial charge in [-0.3, -0.25) is 9.59 Å². The maximum absolute atomic E-state index is 12.9. The van der Waals surface area contributed by atoms with Gasteiger partial charge < -0.3 is 15.1 Å². The van der Waals surface area contributed by atoms with Crippen LogP contribution in [0.5, 0.6) is 0 Å². The van der Waals surface area contributed by atoms with Gasteiger partial charge in [0.05, 0.1) is 9.88 Å². The van der Waals surface area contributed by atoms with Gasteiger partial charge in [0, 0.05) is 38.3 Å². The molecule has 2 aromatic rings. The molecule has 0 unspecified atom stereocenters. The number of piperazine rings is 1. The number of aryl methyl sites for hydroxylation is 1. The van der Waals surface area contributed by atoms with E-state index >= 15 is 0 Å². The fraction of sp³-hybridized carbons (Fsp3) is 0.421. The molecule has 136 valence electrons. The van der Waals surface area contributed by atoms with Crippen molar-refractivity contribution < 1.29 is 9.59 Å². The van der Waals surface area contributed by atoms with Gasteiger partial charge in [-0.2, -0.15) is 0 Å². The molecule has 4 rings (SSSR count). The van der Waals surface area contributed by atoms with Gasteiger partial charge in [0.25, 0.3) is 5.91 Å². The number of hydrogen-bond acceptors (Lipinski definition) is 5. The normalized spacial score (nSPS) is 17.3. The van der Waals surface area contributed by atoms with Crippen molar-refractivity contribution in [3.63, 3.8) is 0 Å². The SMILES string of the molecule is Cc1cc(NC(=O)C2CC2)sc1C(=O)N1CCN(c2ccccn2)CC1. The quantitative estimate of drug-likeness (QED) is 0.899. The maximum atomic E-state index is 12.9. The third kappa shape index (κ3) is 3.58. The number of aromatic nitrogens is 1. The molecule has 26 heavy (non-hydrogen) atoms. The Labute approximate surface area is 156 Å². The van der Waals surface area contributed by atoms with Crippen LogP contribution in [0.2, 0.25) is 0 Å². The van der Waals surface area contributed by atoms with Crippen molar-refractivity contribution >= 4 is 34.0 Å². The van der Waals surface area contributed by atoms with Crippen LogP contribution in [-0.4, -0.2) is 47.9 Å². The minimum Gasteiger partial charge on any atom is -0.353 e. The minimum absolute atomic E-state index is 0.0556. The number of anilines is 2. The second-order valence-corrected chi connectivity index (χ2v) is 7.91. The summed E-state index contributed by atoms with van der Waals surface area (Å²) in [5.74, 6) is 1.25. The molecular formula is C19H22N4O2S. The first-order valence-corrected chi connectivity index (χ1v) is 9.80. The molecule has 1 saturated carbocycles. The second kappa shape index (κ2) is 7.07. The predicted molar refractivity (Wildman–Crippen MR) is 103 cm³/mol. The van der Waals surface area contributed by atoms with Crippen LogP contribution in [-0.2, 0) is 4.79 Å². The maximum Gasteiger partial charge on any atom is 0.264 e. The third-order valence-electron chi connectivity index (χ3n) is 4.85. The molecule has 1 N–H and O–H groups in total. The van der Waals surface area contributed by atoms with Crippen molar-refractivity contribution in [2.75, 3.05) is 36.4 Å². The number of rotatable bonds is 4. The van der Waals surface area contributed by atoms with Crippen LogP contribution in [0.15, 0.2) is 30.5 Å². The van der Waals surface area contributed by atoms with Gasteiger partial charge >= 0.3 is 0 Å². The number of amides is 2. The van der Waals surface area contributed by atoms with E-state index in [1.807, 2.05) is 36.1 Å². The van der Waals surface area contributed by atoms with Crippen LogP contribution in [0, 0.1) is 12.8 Å². The summed E-state index contributed by atoms with van der Waals surface area (Å²) in [7, 11) is 0. The first-order valence-electron chi connectivity index (χ1n) is 8.98. The van der Waals surface area contributed by atoms with E-state index in [1.165, 1.54) is 11.3 Å². The summed E-state index contributed by atoms with van der Waals surface area (Å²) in [6.45, 7) is 4.84. The number of nitrogens with zero attached hydrogens (tertiary/aromatic N) is 3. The lowest BCUT2D eigenvalue weighted by Gasteiger charge is -2.35. The van der Waals surface area contributed by atoms with E-state index in [0.717, 1.165) is 47.2 Å². The van der Waals surface area contributed by atoms with E-state index in [4.69, 9.17) is 0 Å². The van der Waals surface area contributed by atoms with E-state index in [2.05, 4.69) is 15.2 Å². The summed E-state index contributed by atoms with van der Waals surface area (Å²) in [5.41, 5.74) is 0.929. The molecule has 0 radical (unpaired) electrons. The van der Waals surface area contributed by atoms with Crippen molar-refractivity contribution in [3.05, 3.63) is 40.9 Å². The smallest absolute Gasteiger partial charge is 0.264 e. The Morgan fingerprint density at radius 1 is 1.19 bits per heavy atom. The van der Waals surface area contributed by atoms with Crippen LogP contribution in [0.4, 0.5) is 10.8 Å². The van der Waals surface area contributed by atoms with Crippen LogP contribution >= 0.6 is 11.3 Å². The summed E-state index contributed by atoms with van der Waals surface area (Å²) in [6, 6.07) is 7.78. The molecule has 2 amide bonds. The number of carbonyl (C=O) groups excluding carboxylic acids is 2. The molecule has 7 heteroatoms. The van der Waals surface area contributed by atoms with Gasteiger partial charge in [0.15, 0.2) is 0 Å². The average molecular weight is 370 g/mol. The summed E-state index contributed by atoms with van der Waals surface area (Å²) in [4.78, 5) is 34.0. The number of pyridine rings is 1. The Hall–Kier alpha value is -2.41. The van der Waals surface area contributed by atoms with Crippen LogP contribution in [0.25, 0.3) is 0 Å². The molecule has 0 atom stereocenters. The van der Waals surface area contributed by atoms with Crippen LogP contribution < -0.4 is 10.2 Å².